The van der Waals surface area contributed by atoms with Gasteiger partial charge in [-0.25, -0.2) is 9.78 Å². The van der Waals surface area contributed by atoms with E-state index < -0.39 is 5.97 Å². The number of aldehydes is 1. The van der Waals surface area contributed by atoms with E-state index in [-0.39, 0.29) is 24.8 Å². The predicted molar refractivity (Wildman–Crippen MR) is 87.8 cm³/mol. The summed E-state index contributed by atoms with van der Waals surface area (Å²) in [6.45, 7) is 2.20. The van der Waals surface area contributed by atoms with Gasteiger partial charge in [0.05, 0.1) is 24.4 Å². The van der Waals surface area contributed by atoms with Crippen LogP contribution in [0.4, 0.5) is 0 Å². The van der Waals surface area contributed by atoms with Gasteiger partial charge in [-0.05, 0) is 25.1 Å². The van der Waals surface area contributed by atoms with Crippen molar-refractivity contribution in [1.29, 1.82) is 0 Å². The standard InChI is InChI=1S/C18H18N2O4/c1-3-24-18(23)16-10-6-8-14(19-16)11-20(2)17(22)15-9-5-4-7-13(15)12-21/h4-10,12H,3,11H2,1-2H3. The summed E-state index contributed by atoms with van der Waals surface area (Å²) in [5, 5.41) is 0. The molecule has 0 aliphatic heterocycles. The van der Waals surface area contributed by atoms with Gasteiger partial charge in [0.1, 0.15) is 5.69 Å². The van der Waals surface area contributed by atoms with Crippen molar-refractivity contribution < 1.29 is 19.1 Å². The van der Waals surface area contributed by atoms with Crippen LogP contribution in [0.25, 0.3) is 0 Å². The van der Waals surface area contributed by atoms with Crippen molar-refractivity contribution in [2.45, 2.75) is 13.5 Å². The summed E-state index contributed by atoms with van der Waals surface area (Å²) in [5.41, 5.74) is 1.42. The Hall–Kier alpha value is -3.02. The minimum absolute atomic E-state index is 0.198. The van der Waals surface area contributed by atoms with Gasteiger partial charge in [-0.1, -0.05) is 24.3 Å². The molecule has 0 atom stereocenters. The van der Waals surface area contributed by atoms with E-state index in [1.807, 2.05) is 0 Å². The molecule has 0 saturated carbocycles. The third kappa shape index (κ3) is 4.04. The van der Waals surface area contributed by atoms with Crippen LogP contribution in [0.3, 0.4) is 0 Å². The highest BCUT2D eigenvalue weighted by molar-refractivity contribution is 6.01. The molecular formula is C18H18N2O4. The molecule has 1 heterocycles. The second-order valence-corrected chi connectivity index (χ2v) is 5.10. The molecule has 1 aromatic carbocycles. The van der Waals surface area contributed by atoms with Crippen LogP contribution in [0.1, 0.15) is 43.8 Å². The Labute approximate surface area is 140 Å². The summed E-state index contributed by atoms with van der Waals surface area (Å²) in [5.74, 6) is -0.791. The Morgan fingerprint density at radius 2 is 1.92 bits per heavy atom. The van der Waals surface area contributed by atoms with E-state index >= 15 is 0 Å². The van der Waals surface area contributed by atoms with Gasteiger partial charge in [-0.15, -0.1) is 0 Å². The van der Waals surface area contributed by atoms with E-state index in [9.17, 15) is 14.4 Å². The lowest BCUT2D eigenvalue weighted by atomic mass is 10.1. The number of benzene rings is 1. The molecule has 2 aromatic rings. The Bertz CT molecular complexity index is 758. The van der Waals surface area contributed by atoms with E-state index in [4.69, 9.17) is 4.74 Å². The number of carbonyl (C=O) groups excluding carboxylic acids is 3. The van der Waals surface area contributed by atoms with Gasteiger partial charge >= 0.3 is 5.97 Å². The van der Waals surface area contributed by atoms with Gasteiger partial charge < -0.3 is 9.64 Å². The van der Waals surface area contributed by atoms with Crippen molar-refractivity contribution in [3.8, 4) is 0 Å². The summed E-state index contributed by atoms with van der Waals surface area (Å²) in [4.78, 5) is 40.9. The number of esters is 1. The van der Waals surface area contributed by atoms with Crippen molar-refractivity contribution in [3.63, 3.8) is 0 Å². The number of hydrogen-bond acceptors (Lipinski definition) is 5. The van der Waals surface area contributed by atoms with Gasteiger partial charge in [0.25, 0.3) is 5.91 Å². The van der Waals surface area contributed by atoms with E-state index in [1.54, 1.807) is 56.4 Å². The Morgan fingerprint density at radius 1 is 1.17 bits per heavy atom. The summed E-state index contributed by atoms with van der Waals surface area (Å²) < 4.78 is 4.91. The van der Waals surface area contributed by atoms with Gasteiger partial charge in [-0.2, -0.15) is 0 Å². The lowest BCUT2D eigenvalue weighted by Gasteiger charge is -2.18. The smallest absolute Gasteiger partial charge is 0.356 e. The zero-order valence-electron chi connectivity index (χ0n) is 13.6. The monoisotopic (exact) mass is 326 g/mol. The summed E-state index contributed by atoms with van der Waals surface area (Å²) in [6, 6.07) is 11.6. The maximum atomic E-state index is 12.5. The molecule has 1 aromatic heterocycles. The molecule has 24 heavy (non-hydrogen) atoms. The Kier molecular flexibility index (Phi) is 5.78. The lowest BCUT2D eigenvalue weighted by Crippen LogP contribution is -2.27. The zero-order chi connectivity index (χ0) is 17.5. The molecule has 0 aliphatic carbocycles. The van der Waals surface area contributed by atoms with Crippen molar-refractivity contribution in [3.05, 3.63) is 65.0 Å². The van der Waals surface area contributed by atoms with Gasteiger partial charge in [-0.3, -0.25) is 9.59 Å². The number of ether oxygens (including phenoxy) is 1. The SMILES string of the molecule is CCOC(=O)c1cccc(CN(C)C(=O)c2ccccc2C=O)n1. The van der Waals surface area contributed by atoms with E-state index in [2.05, 4.69) is 4.98 Å². The highest BCUT2D eigenvalue weighted by Gasteiger charge is 2.16. The fourth-order valence-corrected chi connectivity index (χ4v) is 2.20. The molecular weight excluding hydrogens is 308 g/mol. The van der Waals surface area contributed by atoms with Crippen LogP contribution in [0.2, 0.25) is 0 Å². The molecule has 124 valence electrons. The molecule has 0 unspecified atom stereocenters. The lowest BCUT2D eigenvalue weighted by molar-refractivity contribution is 0.0519. The van der Waals surface area contributed by atoms with E-state index in [0.717, 1.165) is 0 Å². The first-order valence-corrected chi connectivity index (χ1v) is 7.49. The number of hydrogen-bond donors (Lipinski definition) is 0. The number of nitrogens with zero attached hydrogens (tertiary/aromatic N) is 2. The topological polar surface area (TPSA) is 76.6 Å². The van der Waals surface area contributed by atoms with Gasteiger partial charge in [0.2, 0.25) is 0 Å². The van der Waals surface area contributed by atoms with Crippen molar-refractivity contribution in [2.75, 3.05) is 13.7 Å². The first-order valence-electron chi connectivity index (χ1n) is 7.49. The Balaban J connectivity index is 2.16. The molecule has 0 N–H and O–H groups in total. The fraction of sp³-hybridized carbons (Fsp3) is 0.222. The number of pyridine rings is 1. The highest BCUT2D eigenvalue weighted by atomic mass is 16.5. The average molecular weight is 326 g/mol. The molecule has 2 rings (SSSR count). The van der Waals surface area contributed by atoms with Crippen LogP contribution in [0, 0.1) is 0 Å². The molecule has 1 amide bonds. The van der Waals surface area contributed by atoms with Crippen molar-refractivity contribution >= 4 is 18.2 Å². The molecule has 0 fully saturated rings. The molecule has 0 radical (unpaired) electrons. The van der Waals surface area contributed by atoms with Gasteiger partial charge in [0, 0.05) is 12.6 Å². The Morgan fingerprint density at radius 3 is 2.62 bits per heavy atom. The predicted octanol–water partition coefficient (Wildman–Crippen LogP) is 2.34. The first-order chi connectivity index (χ1) is 11.6. The zero-order valence-corrected chi connectivity index (χ0v) is 13.6. The summed E-state index contributed by atoms with van der Waals surface area (Å²) in [6.07, 6.45) is 0.653. The summed E-state index contributed by atoms with van der Waals surface area (Å²) in [7, 11) is 1.61. The van der Waals surface area contributed by atoms with E-state index in [1.165, 1.54) is 4.90 Å². The van der Waals surface area contributed by atoms with Crippen molar-refractivity contribution in [2.24, 2.45) is 0 Å². The van der Waals surface area contributed by atoms with Crippen LogP contribution in [-0.4, -0.2) is 41.7 Å². The van der Waals surface area contributed by atoms with Crippen molar-refractivity contribution in [1.82, 2.24) is 9.88 Å². The first kappa shape index (κ1) is 17.3. The largest absolute Gasteiger partial charge is 0.461 e. The van der Waals surface area contributed by atoms with Crippen LogP contribution < -0.4 is 0 Å². The second-order valence-electron chi connectivity index (χ2n) is 5.10. The molecule has 0 aliphatic rings. The molecule has 0 saturated heterocycles. The number of carbonyl (C=O) groups is 3. The highest BCUT2D eigenvalue weighted by Crippen LogP contribution is 2.11. The second kappa shape index (κ2) is 8.01. The number of aromatic nitrogens is 1. The third-order valence-corrected chi connectivity index (χ3v) is 3.36. The maximum absolute atomic E-state index is 12.5. The molecule has 6 heteroatoms. The number of rotatable bonds is 6. The van der Waals surface area contributed by atoms with Crippen LogP contribution in [0.5, 0.6) is 0 Å². The molecule has 0 spiro atoms. The van der Waals surface area contributed by atoms with Crippen LogP contribution in [0.15, 0.2) is 42.5 Å². The molecule has 6 nitrogen and oxygen atoms in total. The van der Waals surface area contributed by atoms with E-state index in [0.29, 0.717) is 23.1 Å². The minimum Gasteiger partial charge on any atom is -0.461 e. The van der Waals surface area contributed by atoms with Crippen LogP contribution >= 0.6 is 0 Å². The molecule has 0 bridgehead atoms. The summed E-state index contributed by atoms with van der Waals surface area (Å²) >= 11 is 0. The fourth-order valence-electron chi connectivity index (χ4n) is 2.20. The normalized spacial score (nSPS) is 10.1. The third-order valence-electron chi connectivity index (χ3n) is 3.36. The quantitative estimate of drug-likeness (QED) is 0.601. The maximum Gasteiger partial charge on any atom is 0.356 e. The number of amides is 1. The van der Waals surface area contributed by atoms with Gasteiger partial charge in [0.15, 0.2) is 6.29 Å². The average Bonchev–Trinajstić information content (AvgIpc) is 2.61. The van der Waals surface area contributed by atoms with Crippen LogP contribution in [-0.2, 0) is 11.3 Å². The minimum atomic E-state index is -0.500.